The van der Waals surface area contributed by atoms with Crippen molar-refractivity contribution in [1.82, 2.24) is 9.78 Å². The Morgan fingerprint density at radius 3 is 2.56 bits per heavy atom. The van der Waals surface area contributed by atoms with Crippen molar-refractivity contribution in [2.75, 3.05) is 0 Å². The van der Waals surface area contributed by atoms with Crippen LogP contribution in [0.3, 0.4) is 0 Å². The van der Waals surface area contributed by atoms with Crippen molar-refractivity contribution in [1.29, 1.82) is 0 Å². The second kappa shape index (κ2) is 5.65. The van der Waals surface area contributed by atoms with E-state index in [2.05, 4.69) is 34.9 Å². The van der Waals surface area contributed by atoms with Crippen molar-refractivity contribution in [3.05, 3.63) is 47.0 Å². The molecule has 2 rings (SSSR count). The van der Waals surface area contributed by atoms with E-state index in [1.54, 1.807) is 16.8 Å². The molecule has 0 saturated carbocycles. The zero-order valence-electron chi connectivity index (χ0n) is 10.6. The van der Waals surface area contributed by atoms with Gasteiger partial charge in [0.1, 0.15) is 11.5 Å². The quantitative estimate of drug-likeness (QED) is 0.780. The van der Waals surface area contributed by atoms with E-state index >= 15 is 0 Å². The minimum Gasteiger partial charge on any atom is -0.235 e. The van der Waals surface area contributed by atoms with Gasteiger partial charge in [0.2, 0.25) is 0 Å². The van der Waals surface area contributed by atoms with E-state index in [-0.39, 0.29) is 5.82 Å². The molecule has 1 heterocycles. The minimum atomic E-state index is -0.229. The minimum absolute atomic E-state index is 0.229. The van der Waals surface area contributed by atoms with Gasteiger partial charge >= 0.3 is 0 Å². The fourth-order valence-electron chi connectivity index (χ4n) is 1.91. The van der Waals surface area contributed by atoms with Gasteiger partial charge in [-0.3, -0.25) is 0 Å². The molecular formula is C14H16BrFN2. The summed E-state index contributed by atoms with van der Waals surface area (Å²) in [5, 5.41) is 5.11. The summed E-state index contributed by atoms with van der Waals surface area (Å²) in [7, 11) is 0. The van der Waals surface area contributed by atoms with Gasteiger partial charge in [0.05, 0.1) is 5.69 Å². The van der Waals surface area contributed by atoms with Gasteiger partial charge in [0.25, 0.3) is 0 Å². The fraction of sp³-hybridized carbons (Fsp3) is 0.357. The number of rotatable bonds is 4. The molecule has 18 heavy (non-hydrogen) atoms. The largest absolute Gasteiger partial charge is 0.235 e. The van der Waals surface area contributed by atoms with Gasteiger partial charge in [-0.25, -0.2) is 9.07 Å². The van der Waals surface area contributed by atoms with Crippen LogP contribution in [-0.2, 0) is 18.2 Å². The predicted molar refractivity (Wildman–Crippen MR) is 74.9 cm³/mol. The lowest BCUT2D eigenvalue weighted by atomic mass is 10.2. The summed E-state index contributed by atoms with van der Waals surface area (Å²) in [6, 6.07) is 7.30. The molecule has 0 bridgehead atoms. The summed E-state index contributed by atoms with van der Waals surface area (Å²) >= 11 is 3.33. The number of hydrogen-bond donors (Lipinski definition) is 0. The molecule has 0 radical (unpaired) electrons. The summed E-state index contributed by atoms with van der Waals surface area (Å²) in [6.07, 6.45) is 1.70. The smallest absolute Gasteiger partial charge is 0.149 e. The van der Waals surface area contributed by atoms with Gasteiger partial charge in [-0.05, 0) is 36.6 Å². The third kappa shape index (κ3) is 2.48. The summed E-state index contributed by atoms with van der Waals surface area (Å²) in [6.45, 7) is 4.11. The Hall–Kier alpha value is -1.16. The molecule has 0 saturated heterocycles. The highest BCUT2D eigenvalue weighted by Crippen LogP contribution is 2.19. The summed E-state index contributed by atoms with van der Waals surface area (Å²) < 4.78 is 15.8. The van der Waals surface area contributed by atoms with Crippen LogP contribution in [0.2, 0.25) is 0 Å². The highest BCUT2D eigenvalue weighted by Gasteiger charge is 2.11. The standard InChI is InChI=1S/C14H16BrFN2/c1-3-11-8-12(4-2)18(17-11)14-6-5-10(9-15)7-13(14)16/h5-8H,3-4,9H2,1-2H3. The van der Waals surface area contributed by atoms with Crippen molar-refractivity contribution in [3.63, 3.8) is 0 Å². The number of halogens is 2. The first-order valence-corrected chi connectivity index (χ1v) is 7.24. The lowest BCUT2D eigenvalue weighted by Crippen LogP contribution is -2.04. The molecule has 0 fully saturated rings. The number of aromatic nitrogens is 2. The lowest BCUT2D eigenvalue weighted by Gasteiger charge is -2.08. The Morgan fingerprint density at radius 2 is 2.00 bits per heavy atom. The van der Waals surface area contributed by atoms with Crippen LogP contribution in [-0.4, -0.2) is 9.78 Å². The van der Waals surface area contributed by atoms with Crippen molar-refractivity contribution < 1.29 is 4.39 Å². The first-order valence-electron chi connectivity index (χ1n) is 6.12. The van der Waals surface area contributed by atoms with E-state index in [0.29, 0.717) is 11.0 Å². The fourth-order valence-corrected chi connectivity index (χ4v) is 2.26. The maximum atomic E-state index is 14.1. The van der Waals surface area contributed by atoms with Gasteiger partial charge in [0, 0.05) is 11.0 Å². The number of alkyl halides is 1. The van der Waals surface area contributed by atoms with Crippen molar-refractivity contribution >= 4 is 15.9 Å². The van der Waals surface area contributed by atoms with E-state index in [1.807, 2.05) is 12.1 Å². The summed E-state index contributed by atoms with van der Waals surface area (Å²) in [5.74, 6) is -0.229. The van der Waals surface area contributed by atoms with Crippen LogP contribution < -0.4 is 0 Å². The Kier molecular flexibility index (Phi) is 4.17. The molecule has 0 N–H and O–H groups in total. The van der Waals surface area contributed by atoms with Crippen molar-refractivity contribution in [3.8, 4) is 5.69 Å². The molecule has 0 unspecified atom stereocenters. The van der Waals surface area contributed by atoms with E-state index < -0.39 is 0 Å². The Balaban J connectivity index is 2.50. The third-order valence-corrected chi connectivity index (χ3v) is 3.60. The van der Waals surface area contributed by atoms with E-state index in [9.17, 15) is 4.39 Å². The van der Waals surface area contributed by atoms with Crippen LogP contribution in [0.15, 0.2) is 24.3 Å². The normalized spacial score (nSPS) is 10.9. The number of benzene rings is 1. The lowest BCUT2D eigenvalue weighted by molar-refractivity contribution is 0.604. The second-order valence-electron chi connectivity index (χ2n) is 4.17. The van der Waals surface area contributed by atoms with Crippen LogP contribution in [0.25, 0.3) is 5.69 Å². The van der Waals surface area contributed by atoms with Crippen LogP contribution in [0.5, 0.6) is 0 Å². The van der Waals surface area contributed by atoms with E-state index in [0.717, 1.165) is 29.8 Å². The molecule has 2 aromatic rings. The SMILES string of the molecule is CCc1cc(CC)n(-c2ccc(CBr)cc2F)n1. The molecule has 0 atom stereocenters. The van der Waals surface area contributed by atoms with E-state index in [1.165, 1.54) is 0 Å². The zero-order valence-corrected chi connectivity index (χ0v) is 12.2. The molecule has 4 heteroatoms. The highest BCUT2D eigenvalue weighted by atomic mass is 79.9. The number of aryl methyl sites for hydroxylation is 2. The maximum Gasteiger partial charge on any atom is 0.149 e. The number of hydrogen-bond acceptors (Lipinski definition) is 1. The van der Waals surface area contributed by atoms with Crippen LogP contribution in [0.4, 0.5) is 4.39 Å². The molecule has 0 amide bonds. The average molecular weight is 311 g/mol. The molecule has 0 spiro atoms. The Bertz CT molecular complexity index is 549. The van der Waals surface area contributed by atoms with Gasteiger partial charge in [-0.15, -0.1) is 0 Å². The maximum absolute atomic E-state index is 14.1. The molecule has 0 aliphatic carbocycles. The van der Waals surface area contributed by atoms with E-state index in [4.69, 9.17) is 0 Å². The molecule has 0 aliphatic heterocycles. The third-order valence-electron chi connectivity index (χ3n) is 2.95. The molecule has 0 aliphatic rings. The highest BCUT2D eigenvalue weighted by molar-refractivity contribution is 9.08. The van der Waals surface area contributed by atoms with Crippen LogP contribution in [0.1, 0.15) is 30.8 Å². The second-order valence-corrected chi connectivity index (χ2v) is 4.73. The van der Waals surface area contributed by atoms with Crippen molar-refractivity contribution in [2.45, 2.75) is 32.0 Å². The van der Waals surface area contributed by atoms with Gasteiger partial charge in [-0.1, -0.05) is 35.8 Å². The first-order chi connectivity index (χ1) is 8.69. The van der Waals surface area contributed by atoms with Gasteiger partial charge in [-0.2, -0.15) is 5.10 Å². The average Bonchev–Trinajstić information content (AvgIpc) is 2.81. The molecule has 1 aromatic heterocycles. The van der Waals surface area contributed by atoms with Gasteiger partial charge in [0.15, 0.2) is 0 Å². The summed E-state index contributed by atoms with van der Waals surface area (Å²) in [5.41, 5.74) is 3.49. The Labute approximate surface area is 115 Å². The molecular weight excluding hydrogens is 295 g/mol. The topological polar surface area (TPSA) is 17.8 Å². The predicted octanol–water partition coefficient (Wildman–Crippen LogP) is 4.03. The van der Waals surface area contributed by atoms with Crippen LogP contribution in [0, 0.1) is 5.82 Å². The number of nitrogens with zero attached hydrogens (tertiary/aromatic N) is 2. The molecule has 1 aromatic carbocycles. The molecule has 2 nitrogen and oxygen atoms in total. The first kappa shape index (κ1) is 13.3. The zero-order chi connectivity index (χ0) is 13.1. The van der Waals surface area contributed by atoms with Crippen molar-refractivity contribution in [2.24, 2.45) is 0 Å². The Morgan fingerprint density at radius 1 is 1.22 bits per heavy atom. The summed E-state index contributed by atoms with van der Waals surface area (Å²) in [4.78, 5) is 0. The van der Waals surface area contributed by atoms with Gasteiger partial charge < -0.3 is 0 Å². The van der Waals surface area contributed by atoms with Crippen LogP contribution >= 0.6 is 15.9 Å². The molecule has 96 valence electrons. The monoisotopic (exact) mass is 310 g/mol.